The molecule has 0 atom stereocenters. The molecule has 0 radical (unpaired) electrons. The van der Waals surface area contributed by atoms with Crippen LogP contribution in [0.2, 0.25) is 10.0 Å². The van der Waals surface area contributed by atoms with Crippen LogP contribution in [0, 0.1) is 0 Å². The van der Waals surface area contributed by atoms with E-state index in [4.69, 9.17) is 23.2 Å². The fourth-order valence-corrected chi connectivity index (χ4v) is 3.95. The van der Waals surface area contributed by atoms with Gasteiger partial charge in [-0.1, -0.05) is 47.5 Å². The third-order valence-corrected chi connectivity index (χ3v) is 5.79. The van der Waals surface area contributed by atoms with Gasteiger partial charge >= 0.3 is 0 Å². The lowest BCUT2D eigenvalue weighted by molar-refractivity contribution is -0.111. The van der Waals surface area contributed by atoms with Crippen molar-refractivity contribution >= 4 is 56.6 Å². The SMILES string of the molecule is O=C(/C=C/c1ccc(Cl)cc1Cl)Nc1ccc(S(=O)(=O)Nc2ccccc2)cc1. The third kappa shape index (κ3) is 5.84. The molecule has 0 fully saturated rings. The Balaban J connectivity index is 1.65. The number of sulfonamides is 1. The molecule has 0 unspecified atom stereocenters. The van der Waals surface area contributed by atoms with Crippen LogP contribution in [-0.2, 0) is 14.8 Å². The van der Waals surface area contributed by atoms with Crippen molar-refractivity contribution in [3.8, 4) is 0 Å². The first-order valence-corrected chi connectivity index (χ1v) is 10.7. The van der Waals surface area contributed by atoms with Crippen molar-refractivity contribution < 1.29 is 13.2 Å². The highest BCUT2D eigenvalue weighted by molar-refractivity contribution is 7.92. The summed E-state index contributed by atoms with van der Waals surface area (Å²) in [5.41, 5.74) is 1.58. The van der Waals surface area contributed by atoms with Crippen LogP contribution in [0.15, 0.2) is 83.8 Å². The normalized spacial score (nSPS) is 11.4. The standard InChI is InChI=1S/C21H16Cl2N2O3S/c22-16-8-6-15(20(23)14-16)7-13-21(26)24-17-9-11-19(12-10-17)29(27,28)25-18-4-2-1-3-5-18/h1-14,25H,(H,24,26)/b13-7+. The van der Waals surface area contributed by atoms with E-state index in [0.717, 1.165) is 0 Å². The van der Waals surface area contributed by atoms with Crippen LogP contribution in [0.1, 0.15) is 5.56 Å². The molecular formula is C21H16Cl2N2O3S. The summed E-state index contributed by atoms with van der Waals surface area (Å²) in [6.45, 7) is 0. The Labute approximate surface area is 179 Å². The van der Waals surface area contributed by atoms with Crippen LogP contribution in [0.4, 0.5) is 11.4 Å². The second-order valence-electron chi connectivity index (χ2n) is 5.98. The maximum absolute atomic E-state index is 12.4. The number of rotatable bonds is 6. The molecule has 8 heteroatoms. The highest BCUT2D eigenvalue weighted by Gasteiger charge is 2.14. The van der Waals surface area contributed by atoms with Gasteiger partial charge in [0.2, 0.25) is 5.91 Å². The summed E-state index contributed by atoms with van der Waals surface area (Å²) in [6, 6.07) is 19.4. The molecular weight excluding hydrogens is 431 g/mol. The predicted octanol–water partition coefficient (Wildman–Crippen LogP) is 5.45. The molecule has 3 rings (SSSR count). The maximum Gasteiger partial charge on any atom is 0.261 e. The molecule has 2 N–H and O–H groups in total. The van der Waals surface area contributed by atoms with Crippen molar-refractivity contribution in [1.29, 1.82) is 0 Å². The molecule has 0 saturated carbocycles. The molecule has 5 nitrogen and oxygen atoms in total. The number of hydrogen-bond donors (Lipinski definition) is 2. The number of benzene rings is 3. The van der Waals surface area contributed by atoms with Crippen LogP contribution >= 0.6 is 23.2 Å². The zero-order chi connectivity index (χ0) is 20.9. The van der Waals surface area contributed by atoms with Crippen LogP contribution in [-0.4, -0.2) is 14.3 Å². The molecule has 0 bridgehead atoms. The minimum absolute atomic E-state index is 0.0860. The van der Waals surface area contributed by atoms with Gasteiger partial charge in [-0.2, -0.15) is 0 Å². The van der Waals surface area contributed by atoms with Crippen molar-refractivity contribution in [3.05, 3.63) is 94.5 Å². The smallest absolute Gasteiger partial charge is 0.261 e. The Morgan fingerprint density at radius 1 is 0.862 bits per heavy atom. The third-order valence-electron chi connectivity index (χ3n) is 3.83. The Morgan fingerprint density at radius 3 is 2.21 bits per heavy atom. The Morgan fingerprint density at radius 2 is 1.55 bits per heavy atom. The first-order chi connectivity index (χ1) is 13.8. The number of carbonyl (C=O) groups is 1. The molecule has 0 aliphatic rings. The summed E-state index contributed by atoms with van der Waals surface area (Å²) in [5, 5.41) is 3.60. The molecule has 0 aromatic heterocycles. The second-order valence-corrected chi connectivity index (χ2v) is 8.51. The largest absolute Gasteiger partial charge is 0.323 e. The maximum atomic E-state index is 12.4. The molecule has 0 saturated heterocycles. The molecule has 148 valence electrons. The minimum Gasteiger partial charge on any atom is -0.323 e. The van der Waals surface area contributed by atoms with Gasteiger partial charge in [-0.05, 0) is 60.2 Å². The number of hydrogen-bond acceptors (Lipinski definition) is 3. The molecule has 0 aliphatic carbocycles. The van der Waals surface area contributed by atoms with Crippen molar-refractivity contribution in [1.82, 2.24) is 0 Å². The van der Waals surface area contributed by atoms with Crippen molar-refractivity contribution in [2.24, 2.45) is 0 Å². The first-order valence-electron chi connectivity index (χ1n) is 8.45. The van der Waals surface area contributed by atoms with Crippen LogP contribution in [0.3, 0.4) is 0 Å². The highest BCUT2D eigenvalue weighted by Crippen LogP contribution is 2.22. The molecule has 29 heavy (non-hydrogen) atoms. The van der Waals surface area contributed by atoms with Gasteiger partial charge in [0, 0.05) is 27.5 Å². The second kappa shape index (κ2) is 9.13. The van der Waals surface area contributed by atoms with E-state index in [1.807, 2.05) is 0 Å². The van der Waals surface area contributed by atoms with Crippen molar-refractivity contribution in [2.45, 2.75) is 4.90 Å². The minimum atomic E-state index is -3.72. The van der Waals surface area contributed by atoms with Crippen molar-refractivity contribution in [3.63, 3.8) is 0 Å². The number of amides is 1. The molecule has 0 aliphatic heterocycles. The number of anilines is 2. The molecule has 0 heterocycles. The van der Waals surface area contributed by atoms with E-state index in [1.165, 1.54) is 30.3 Å². The summed E-state index contributed by atoms with van der Waals surface area (Å²) in [4.78, 5) is 12.2. The topological polar surface area (TPSA) is 75.3 Å². The molecule has 1 amide bonds. The number of halogens is 2. The van der Waals surface area contributed by atoms with E-state index < -0.39 is 10.0 Å². The molecule has 3 aromatic carbocycles. The van der Waals surface area contributed by atoms with Crippen LogP contribution in [0.5, 0.6) is 0 Å². The van der Waals surface area contributed by atoms with Gasteiger partial charge in [-0.25, -0.2) is 8.42 Å². The lowest BCUT2D eigenvalue weighted by atomic mass is 10.2. The average Bonchev–Trinajstić information content (AvgIpc) is 2.68. The summed E-state index contributed by atoms with van der Waals surface area (Å²) >= 11 is 11.9. The lowest BCUT2D eigenvalue weighted by Crippen LogP contribution is -2.13. The molecule has 3 aromatic rings. The van der Waals surface area contributed by atoms with E-state index >= 15 is 0 Å². The van der Waals surface area contributed by atoms with E-state index in [1.54, 1.807) is 54.6 Å². The van der Waals surface area contributed by atoms with E-state index in [-0.39, 0.29) is 10.8 Å². The zero-order valence-corrected chi connectivity index (χ0v) is 17.3. The van der Waals surface area contributed by atoms with E-state index in [9.17, 15) is 13.2 Å². The fraction of sp³-hybridized carbons (Fsp3) is 0. The zero-order valence-electron chi connectivity index (χ0n) is 15.0. The van der Waals surface area contributed by atoms with Gasteiger partial charge in [0.15, 0.2) is 0 Å². The summed E-state index contributed by atoms with van der Waals surface area (Å²) < 4.78 is 27.3. The molecule has 0 spiro atoms. The number of carbonyl (C=O) groups excluding carboxylic acids is 1. The Kier molecular flexibility index (Phi) is 6.59. The summed E-state index contributed by atoms with van der Waals surface area (Å²) in [5.74, 6) is -0.381. The van der Waals surface area contributed by atoms with Gasteiger partial charge < -0.3 is 5.32 Å². The first kappa shape index (κ1) is 20.9. The van der Waals surface area contributed by atoms with Crippen molar-refractivity contribution in [2.75, 3.05) is 10.0 Å². The fourth-order valence-electron chi connectivity index (χ4n) is 2.42. The van der Waals surface area contributed by atoms with Gasteiger partial charge in [-0.3, -0.25) is 9.52 Å². The Bertz CT molecular complexity index is 1150. The summed E-state index contributed by atoms with van der Waals surface area (Å²) in [7, 11) is -3.72. The summed E-state index contributed by atoms with van der Waals surface area (Å²) in [6.07, 6.45) is 2.90. The highest BCUT2D eigenvalue weighted by atomic mass is 35.5. The van der Waals surface area contributed by atoms with Crippen LogP contribution in [0.25, 0.3) is 6.08 Å². The van der Waals surface area contributed by atoms with E-state index in [2.05, 4.69) is 10.0 Å². The number of nitrogens with one attached hydrogen (secondary N) is 2. The monoisotopic (exact) mass is 446 g/mol. The Hall–Kier alpha value is -2.80. The van der Waals surface area contributed by atoms with Gasteiger partial charge in [-0.15, -0.1) is 0 Å². The lowest BCUT2D eigenvalue weighted by Gasteiger charge is -2.09. The van der Waals surface area contributed by atoms with Crippen LogP contribution < -0.4 is 10.0 Å². The van der Waals surface area contributed by atoms with Gasteiger partial charge in [0.25, 0.3) is 10.0 Å². The predicted molar refractivity (Wildman–Crippen MR) is 118 cm³/mol. The van der Waals surface area contributed by atoms with E-state index in [0.29, 0.717) is 27.0 Å². The average molecular weight is 447 g/mol. The number of para-hydroxylation sites is 1. The van der Waals surface area contributed by atoms with Gasteiger partial charge in [0.1, 0.15) is 0 Å². The van der Waals surface area contributed by atoms with Gasteiger partial charge in [0.05, 0.1) is 4.90 Å². The quantitative estimate of drug-likeness (QED) is 0.494.